The van der Waals surface area contributed by atoms with Gasteiger partial charge in [0.1, 0.15) is 13.2 Å². The maximum absolute atomic E-state index is 12.6. The topological polar surface area (TPSA) is 103 Å². The molecule has 0 bridgehead atoms. The van der Waals surface area contributed by atoms with Gasteiger partial charge in [-0.3, -0.25) is 9.36 Å². The second-order valence-corrected chi connectivity index (χ2v) is 6.15. The lowest BCUT2D eigenvalue weighted by atomic mass is 10.2. The second kappa shape index (κ2) is 7.86. The number of nitrogens with zero attached hydrogens (tertiary/aromatic N) is 3. The van der Waals surface area contributed by atoms with Crippen LogP contribution >= 0.6 is 0 Å². The quantitative estimate of drug-likeness (QED) is 0.487. The molecule has 2 aromatic carbocycles. The summed E-state index contributed by atoms with van der Waals surface area (Å²) in [5.74, 6) is 0.873. The Labute approximate surface area is 165 Å². The number of rotatable bonds is 5. The first-order chi connectivity index (χ1) is 14.2. The van der Waals surface area contributed by atoms with Gasteiger partial charge >= 0.3 is 5.97 Å². The molecule has 0 radical (unpaired) electrons. The molecular weight excluding hydrogens is 374 g/mol. The van der Waals surface area contributed by atoms with Crippen molar-refractivity contribution in [1.29, 1.82) is 5.26 Å². The largest absolute Gasteiger partial charge is 0.454 e. The Morgan fingerprint density at radius 3 is 2.93 bits per heavy atom. The fourth-order valence-electron chi connectivity index (χ4n) is 2.92. The summed E-state index contributed by atoms with van der Waals surface area (Å²) in [6, 6.07) is 14.0. The molecule has 144 valence electrons. The van der Waals surface area contributed by atoms with Gasteiger partial charge in [-0.25, -0.2) is 9.78 Å². The minimum Gasteiger partial charge on any atom is -0.454 e. The Balaban J connectivity index is 1.50. The molecule has 0 amide bonds. The molecule has 0 saturated carbocycles. The molecule has 1 aliphatic rings. The van der Waals surface area contributed by atoms with E-state index >= 15 is 0 Å². The van der Waals surface area contributed by atoms with Crippen LogP contribution < -0.4 is 15.0 Å². The van der Waals surface area contributed by atoms with Crippen molar-refractivity contribution >= 4 is 22.9 Å². The lowest BCUT2D eigenvalue weighted by Crippen LogP contribution is -2.26. The molecule has 0 fully saturated rings. The van der Waals surface area contributed by atoms with Crippen molar-refractivity contribution in [2.45, 2.75) is 13.2 Å². The van der Waals surface area contributed by atoms with Crippen molar-refractivity contribution in [2.24, 2.45) is 0 Å². The van der Waals surface area contributed by atoms with Gasteiger partial charge < -0.3 is 14.2 Å². The standard InChI is InChI=1S/C21H15N3O5/c22-9-10-24-19(23-16-4-2-1-3-15(16)21(24)26)12-27-20(25)8-6-14-5-7-17-18(11-14)29-13-28-17/h1-8,11H,10,12-13H2. The van der Waals surface area contributed by atoms with E-state index in [4.69, 9.17) is 19.5 Å². The van der Waals surface area contributed by atoms with Crippen LogP contribution in [0.2, 0.25) is 0 Å². The van der Waals surface area contributed by atoms with E-state index in [1.54, 1.807) is 48.5 Å². The van der Waals surface area contributed by atoms with E-state index in [2.05, 4.69) is 4.98 Å². The number of para-hydroxylation sites is 1. The molecule has 8 heteroatoms. The number of nitriles is 1. The zero-order valence-corrected chi connectivity index (χ0v) is 15.2. The summed E-state index contributed by atoms with van der Waals surface area (Å²) >= 11 is 0. The molecule has 1 aromatic heterocycles. The monoisotopic (exact) mass is 389 g/mol. The van der Waals surface area contributed by atoms with Crippen molar-refractivity contribution < 1.29 is 19.0 Å². The first-order valence-electron chi connectivity index (χ1n) is 8.75. The number of aromatic nitrogens is 2. The van der Waals surface area contributed by atoms with Gasteiger partial charge in [0.05, 0.1) is 17.0 Å². The first-order valence-corrected chi connectivity index (χ1v) is 8.75. The average molecular weight is 389 g/mol. The molecule has 0 atom stereocenters. The van der Waals surface area contributed by atoms with Crippen molar-refractivity contribution in [1.82, 2.24) is 9.55 Å². The summed E-state index contributed by atoms with van der Waals surface area (Å²) in [5, 5.41) is 9.42. The van der Waals surface area contributed by atoms with Crippen molar-refractivity contribution in [3.8, 4) is 17.6 Å². The minimum absolute atomic E-state index is 0.174. The van der Waals surface area contributed by atoms with Crippen LogP contribution in [0.4, 0.5) is 0 Å². The SMILES string of the molecule is N#CCn1c(COC(=O)C=Cc2ccc3c(c2)OCO3)nc2ccccc2c1=O. The maximum Gasteiger partial charge on any atom is 0.331 e. The van der Waals surface area contributed by atoms with Gasteiger partial charge in [-0.15, -0.1) is 0 Å². The predicted octanol–water partition coefficient (Wildman–Crippen LogP) is 2.41. The van der Waals surface area contributed by atoms with Gasteiger partial charge in [-0.05, 0) is 35.9 Å². The summed E-state index contributed by atoms with van der Waals surface area (Å²) in [4.78, 5) is 29.0. The molecule has 0 unspecified atom stereocenters. The lowest BCUT2D eigenvalue weighted by molar-refractivity contribution is -0.139. The number of hydrogen-bond donors (Lipinski definition) is 0. The summed E-state index contributed by atoms with van der Waals surface area (Å²) in [5.41, 5.74) is 0.879. The molecule has 4 rings (SSSR count). The highest BCUT2D eigenvalue weighted by Crippen LogP contribution is 2.32. The van der Waals surface area contributed by atoms with Crippen molar-refractivity contribution in [3.63, 3.8) is 0 Å². The summed E-state index contributed by atoms with van der Waals surface area (Å²) < 4.78 is 17.0. The van der Waals surface area contributed by atoms with Gasteiger partial charge in [0.2, 0.25) is 6.79 Å². The summed E-state index contributed by atoms with van der Waals surface area (Å²) in [6.45, 7) is -0.240. The Morgan fingerprint density at radius 2 is 2.07 bits per heavy atom. The Kier molecular flexibility index (Phi) is 4.95. The van der Waals surface area contributed by atoms with E-state index in [0.717, 1.165) is 5.56 Å². The highest BCUT2D eigenvalue weighted by Gasteiger charge is 2.13. The van der Waals surface area contributed by atoms with Gasteiger partial charge in [0.25, 0.3) is 5.56 Å². The van der Waals surface area contributed by atoms with E-state index in [-0.39, 0.29) is 31.3 Å². The third kappa shape index (κ3) is 3.80. The molecule has 0 saturated heterocycles. The van der Waals surface area contributed by atoms with E-state index in [1.807, 2.05) is 6.07 Å². The molecule has 0 aliphatic carbocycles. The number of benzene rings is 2. The Morgan fingerprint density at radius 1 is 1.24 bits per heavy atom. The van der Waals surface area contributed by atoms with E-state index in [1.165, 1.54) is 10.6 Å². The van der Waals surface area contributed by atoms with Crippen LogP contribution in [0.1, 0.15) is 11.4 Å². The Bertz CT molecular complexity index is 1220. The molecule has 29 heavy (non-hydrogen) atoms. The first kappa shape index (κ1) is 18.3. The van der Waals surface area contributed by atoms with Crippen molar-refractivity contribution in [3.05, 3.63) is 70.3 Å². The number of carbonyl (C=O) groups excluding carboxylic acids is 1. The number of esters is 1. The predicted molar refractivity (Wildman–Crippen MR) is 103 cm³/mol. The van der Waals surface area contributed by atoms with Crippen LogP contribution in [0.25, 0.3) is 17.0 Å². The summed E-state index contributed by atoms with van der Waals surface area (Å²) in [6.07, 6.45) is 2.85. The normalized spacial score (nSPS) is 12.2. The molecular formula is C21H15N3O5. The van der Waals surface area contributed by atoms with Crippen LogP contribution in [-0.4, -0.2) is 22.3 Å². The van der Waals surface area contributed by atoms with Gasteiger partial charge in [0, 0.05) is 6.08 Å². The number of fused-ring (bicyclic) bond motifs is 2. The van der Waals surface area contributed by atoms with Crippen LogP contribution in [0, 0.1) is 11.3 Å². The smallest absolute Gasteiger partial charge is 0.331 e. The lowest BCUT2D eigenvalue weighted by Gasteiger charge is -2.10. The number of hydrogen-bond acceptors (Lipinski definition) is 7. The Hall–Kier alpha value is -4.12. The second-order valence-electron chi connectivity index (χ2n) is 6.15. The van der Waals surface area contributed by atoms with Gasteiger partial charge in [0.15, 0.2) is 17.3 Å². The molecule has 3 aromatic rings. The molecule has 2 heterocycles. The fraction of sp³-hybridized carbons (Fsp3) is 0.143. The highest BCUT2D eigenvalue weighted by molar-refractivity contribution is 5.87. The van der Waals surface area contributed by atoms with Crippen LogP contribution in [-0.2, 0) is 22.7 Å². The highest BCUT2D eigenvalue weighted by atomic mass is 16.7. The number of carbonyl (C=O) groups is 1. The maximum atomic E-state index is 12.6. The molecule has 0 spiro atoms. The zero-order valence-electron chi connectivity index (χ0n) is 15.2. The minimum atomic E-state index is -0.603. The van der Waals surface area contributed by atoms with Crippen LogP contribution in [0.15, 0.2) is 53.3 Å². The third-order valence-corrected chi connectivity index (χ3v) is 4.32. The molecule has 0 N–H and O–H groups in total. The fourth-order valence-corrected chi connectivity index (χ4v) is 2.92. The third-order valence-electron chi connectivity index (χ3n) is 4.32. The molecule has 1 aliphatic heterocycles. The van der Waals surface area contributed by atoms with Crippen molar-refractivity contribution in [2.75, 3.05) is 6.79 Å². The average Bonchev–Trinajstić information content (AvgIpc) is 3.21. The van der Waals surface area contributed by atoms with E-state index in [9.17, 15) is 9.59 Å². The summed E-state index contributed by atoms with van der Waals surface area (Å²) in [7, 11) is 0. The van der Waals surface area contributed by atoms with Gasteiger partial charge in [-0.1, -0.05) is 18.2 Å². The van der Waals surface area contributed by atoms with Crippen LogP contribution in [0.5, 0.6) is 11.5 Å². The van der Waals surface area contributed by atoms with Gasteiger partial charge in [-0.2, -0.15) is 5.26 Å². The van der Waals surface area contributed by atoms with E-state index < -0.39 is 5.97 Å². The number of ether oxygens (including phenoxy) is 3. The zero-order chi connectivity index (χ0) is 20.2. The molecule has 8 nitrogen and oxygen atoms in total. The van der Waals surface area contributed by atoms with Crippen LogP contribution in [0.3, 0.4) is 0 Å². The van der Waals surface area contributed by atoms with E-state index in [0.29, 0.717) is 22.4 Å².